The average Bonchev–Trinajstić information content (AvgIpc) is 3.61. The number of halogens is 4. The zero-order valence-corrected chi connectivity index (χ0v) is 22.5. The molecule has 1 N–H and O–H groups in total. The number of thiazole rings is 1. The van der Waals surface area contributed by atoms with Crippen LogP contribution in [0.3, 0.4) is 0 Å². The highest BCUT2D eigenvalue weighted by Gasteiger charge is 2.38. The van der Waals surface area contributed by atoms with Crippen molar-refractivity contribution >= 4 is 28.8 Å². The molecule has 0 amide bonds. The summed E-state index contributed by atoms with van der Waals surface area (Å²) in [6.45, 7) is 1.85. The molecule has 5 aromatic rings. The molecule has 0 fully saturated rings. The van der Waals surface area contributed by atoms with Crippen molar-refractivity contribution in [2.75, 3.05) is 5.32 Å². The van der Waals surface area contributed by atoms with Crippen LogP contribution in [-0.4, -0.2) is 42.8 Å². The number of carbonyl (C=O) groups is 1. The summed E-state index contributed by atoms with van der Waals surface area (Å²) in [7, 11) is 0. The van der Waals surface area contributed by atoms with Crippen LogP contribution in [0.15, 0.2) is 70.3 Å². The molecule has 4 heterocycles. The minimum atomic E-state index is -4.72. The summed E-state index contributed by atoms with van der Waals surface area (Å²) in [5.74, 6) is -0.816. The molecule has 0 spiro atoms. The average molecular weight is 594 g/mol. The molecule has 6 rings (SSSR count). The fourth-order valence-corrected chi connectivity index (χ4v) is 5.27. The van der Waals surface area contributed by atoms with Gasteiger partial charge >= 0.3 is 12.2 Å². The lowest BCUT2D eigenvalue weighted by Crippen LogP contribution is -2.29. The van der Waals surface area contributed by atoms with E-state index in [1.165, 1.54) is 24.5 Å². The number of nitrogens with one attached hydrogen (secondary N) is 1. The lowest BCUT2D eigenvalue weighted by atomic mass is 9.95. The minimum Gasteiger partial charge on any atom is -0.402 e. The number of benzene rings is 2. The maximum atomic E-state index is 14.8. The van der Waals surface area contributed by atoms with Gasteiger partial charge in [-0.1, -0.05) is 54.5 Å². The summed E-state index contributed by atoms with van der Waals surface area (Å²) < 4.78 is 61.3. The summed E-state index contributed by atoms with van der Waals surface area (Å²) in [4.78, 5) is 29.9. The van der Waals surface area contributed by atoms with Crippen LogP contribution in [0.1, 0.15) is 34.4 Å². The van der Waals surface area contributed by atoms with E-state index in [1.54, 1.807) is 30.3 Å². The van der Waals surface area contributed by atoms with Gasteiger partial charge in [0.15, 0.2) is 17.0 Å². The Morgan fingerprint density at radius 2 is 1.79 bits per heavy atom. The number of nitrogens with zero attached hydrogens (tertiary/aromatic N) is 6. The van der Waals surface area contributed by atoms with E-state index in [0.29, 0.717) is 46.0 Å². The van der Waals surface area contributed by atoms with Crippen LogP contribution in [-0.2, 0) is 23.8 Å². The van der Waals surface area contributed by atoms with Gasteiger partial charge in [-0.3, -0.25) is 9.79 Å². The third kappa shape index (κ3) is 5.28. The van der Waals surface area contributed by atoms with E-state index >= 15 is 0 Å². The van der Waals surface area contributed by atoms with E-state index in [2.05, 4.69) is 35.5 Å². The van der Waals surface area contributed by atoms with Crippen LogP contribution in [0.25, 0.3) is 22.0 Å². The number of aryl methyl sites for hydroxylation is 1. The first-order valence-corrected chi connectivity index (χ1v) is 13.5. The summed E-state index contributed by atoms with van der Waals surface area (Å²) in [6.07, 6.45) is -2.88. The lowest BCUT2D eigenvalue weighted by molar-refractivity contribution is -0.137. The van der Waals surface area contributed by atoms with Gasteiger partial charge < -0.3 is 9.73 Å². The third-order valence-corrected chi connectivity index (χ3v) is 7.53. The number of hydrogen-bond acceptors (Lipinski definition) is 10. The number of carbonyl (C=O) groups excluding carboxylic acids is 1. The summed E-state index contributed by atoms with van der Waals surface area (Å²) in [5.41, 5.74) is 1.77. The van der Waals surface area contributed by atoms with Crippen LogP contribution >= 0.6 is 11.3 Å². The normalized spacial score (nSPS) is 15.2. The number of ketones is 1. The Labute approximate surface area is 239 Å². The Morgan fingerprint density at radius 3 is 2.50 bits per heavy atom. The molecule has 0 aliphatic carbocycles. The quantitative estimate of drug-likeness (QED) is 0.247. The second kappa shape index (κ2) is 10.9. The third-order valence-electron chi connectivity index (χ3n) is 6.38. The second-order valence-corrected chi connectivity index (χ2v) is 10.1. The van der Waals surface area contributed by atoms with Crippen LogP contribution in [0.2, 0.25) is 0 Å². The van der Waals surface area contributed by atoms with Gasteiger partial charge in [0.1, 0.15) is 17.3 Å². The highest BCUT2D eigenvalue weighted by molar-refractivity contribution is 7.15. The van der Waals surface area contributed by atoms with Gasteiger partial charge in [0.05, 0.1) is 10.6 Å². The van der Waals surface area contributed by atoms with Gasteiger partial charge in [-0.25, -0.2) is 19.3 Å². The highest BCUT2D eigenvalue weighted by Crippen LogP contribution is 2.42. The largest absolute Gasteiger partial charge is 0.443 e. The molecular formula is C28H19F4N7O2S. The van der Waals surface area contributed by atoms with Crippen molar-refractivity contribution in [1.82, 2.24) is 25.1 Å². The monoisotopic (exact) mass is 593 g/mol. The smallest absolute Gasteiger partial charge is 0.402 e. The Hall–Kier alpha value is -4.85. The molecule has 1 unspecified atom stereocenters. The molecule has 14 heteroatoms. The number of aromatic nitrogens is 5. The molecule has 212 valence electrons. The Kier molecular flexibility index (Phi) is 7.06. The van der Waals surface area contributed by atoms with Crippen molar-refractivity contribution in [2.45, 2.75) is 32.1 Å². The van der Waals surface area contributed by atoms with Gasteiger partial charge in [0, 0.05) is 47.5 Å². The number of anilines is 1. The van der Waals surface area contributed by atoms with Gasteiger partial charge in [-0.2, -0.15) is 13.2 Å². The molecule has 1 aliphatic heterocycles. The molecule has 3 aromatic heterocycles. The Bertz CT molecular complexity index is 1800. The maximum Gasteiger partial charge on any atom is 0.443 e. The molecule has 2 aromatic carbocycles. The molecule has 42 heavy (non-hydrogen) atoms. The predicted molar refractivity (Wildman–Crippen MR) is 145 cm³/mol. The van der Waals surface area contributed by atoms with Crippen molar-refractivity contribution in [1.29, 1.82) is 0 Å². The van der Waals surface area contributed by atoms with Gasteiger partial charge in [-0.15, -0.1) is 16.4 Å². The molecule has 0 saturated heterocycles. The molecule has 1 atom stereocenters. The maximum absolute atomic E-state index is 14.8. The minimum absolute atomic E-state index is 0.0843. The van der Waals surface area contributed by atoms with Gasteiger partial charge in [0.25, 0.3) is 5.89 Å². The van der Waals surface area contributed by atoms with Crippen LogP contribution in [0.5, 0.6) is 0 Å². The summed E-state index contributed by atoms with van der Waals surface area (Å²) in [5, 5.41) is 9.40. The fraction of sp³-hybridized carbons (Fsp3) is 0.179. The number of aliphatic imine (C=N–C) groups is 1. The van der Waals surface area contributed by atoms with E-state index in [-0.39, 0.29) is 34.5 Å². The molecule has 0 bridgehead atoms. The van der Waals surface area contributed by atoms with Crippen LogP contribution in [0.4, 0.5) is 23.6 Å². The first-order valence-electron chi connectivity index (χ1n) is 12.6. The second-order valence-electron chi connectivity index (χ2n) is 9.15. The number of fused-ring (bicyclic) bond motifs is 1. The van der Waals surface area contributed by atoms with Crippen LogP contribution < -0.4 is 5.32 Å². The van der Waals surface area contributed by atoms with E-state index < -0.39 is 29.0 Å². The van der Waals surface area contributed by atoms with E-state index in [4.69, 9.17) is 4.42 Å². The van der Waals surface area contributed by atoms with Gasteiger partial charge in [-0.05, 0) is 6.07 Å². The van der Waals surface area contributed by atoms with Crippen molar-refractivity contribution in [2.24, 2.45) is 4.99 Å². The van der Waals surface area contributed by atoms with Crippen LogP contribution in [0, 0.1) is 5.82 Å². The summed E-state index contributed by atoms with van der Waals surface area (Å²) >= 11 is 0.392. The molecule has 9 nitrogen and oxygen atoms in total. The van der Waals surface area contributed by atoms with Crippen molar-refractivity contribution in [3.8, 4) is 22.0 Å². The van der Waals surface area contributed by atoms with Crippen molar-refractivity contribution in [3.05, 3.63) is 94.3 Å². The molecule has 0 radical (unpaired) electrons. The zero-order chi connectivity index (χ0) is 29.4. The first-order chi connectivity index (χ1) is 20.2. The topological polar surface area (TPSA) is 119 Å². The number of alkyl halides is 3. The standard InChI is InChI=1S/C28H19F4N7O2S/c1-2-20-33-12-15(13-34-20)23-22(36-26(42-23)28(30,31)32)25-38-39-27(41-25)37-24-19(40)11-17-16(9-6-10-18(17)29)21(35-24)14-7-4-3-5-8-14/h3-10,12-13,24H,2,11H2,1H3,(H,37,39). The van der Waals surface area contributed by atoms with E-state index in [9.17, 15) is 22.4 Å². The fourth-order valence-electron chi connectivity index (χ4n) is 4.37. The zero-order valence-electron chi connectivity index (χ0n) is 21.7. The van der Waals surface area contributed by atoms with Gasteiger partial charge in [0.2, 0.25) is 0 Å². The first kappa shape index (κ1) is 27.3. The molecular weight excluding hydrogens is 574 g/mol. The van der Waals surface area contributed by atoms with E-state index in [0.717, 1.165) is 0 Å². The molecule has 0 saturated carbocycles. The van der Waals surface area contributed by atoms with E-state index in [1.807, 2.05) is 13.0 Å². The van der Waals surface area contributed by atoms with Crippen molar-refractivity contribution < 1.29 is 26.8 Å². The predicted octanol–water partition coefficient (Wildman–Crippen LogP) is 5.77. The number of rotatable bonds is 6. The Balaban J connectivity index is 1.37. The highest BCUT2D eigenvalue weighted by atomic mass is 32.1. The molecule has 1 aliphatic rings. The SMILES string of the molecule is CCc1ncc(-c2sc(C(F)(F)F)nc2-c2nnc(NC3N=C(c4ccccc4)c4cccc(F)c4CC3=O)o2)cn1. The Morgan fingerprint density at radius 1 is 1.02 bits per heavy atom. The van der Waals surface area contributed by atoms with Crippen molar-refractivity contribution in [3.63, 3.8) is 0 Å². The number of hydrogen-bond donors (Lipinski definition) is 1. The number of Topliss-reactive ketones (excluding diaryl/α,β-unsaturated/α-hetero) is 1. The lowest BCUT2D eigenvalue weighted by Gasteiger charge is -2.11. The summed E-state index contributed by atoms with van der Waals surface area (Å²) in [6, 6.07) is 13.2.